The van der Waals surface area contributed by atoms with E-state index in [0.717, 1.165) is 5.56 Å². The molecule has 0 bridgehead atoms. The van der Waals surface area contributed by atoms with E-state index >= 15 is 0 Å². The first-order valence-corrected chi connectivity index (χ1v) is 5.95. The maximum Gasteiger partial charge on any atom is 0.249 e. The molecule has 0 aliphatic heterocycles. The van der Waals surface area contributed by atoms with Crippen LogP contribution >= 0.6 is 0 Å². The van der Waals surface area contributed by atoms with E-state index in [1.807, 2.05) is 26.0 Å². The highest BCUT2D eigenvalue weighted by Crippen LogP contribution is 2.13. The largest absolute Gasteiger partial charge is 0.372 e. The number of nitrogens with zero attached hydrogens (tertiary/aromatic N) is 1. The molecule has 4 heteroatoms. The summed E-state index contributed by atoms with van der Waals surface area (Å²) >= 11 is 0. The molecule has 96 valence electrons. The molecule has 0 radical (unpaired) electrons. The lowest BCUT2D eigenvalue weighted by Gasteiger charge is -2.18. The van der Waals surface area contributed by atoms with Crippen molar-refractivity contribution < 1.29 is 9.53 Å². The molecule has 2 atom stereocenters. The number of hydrogen-bond acceptors (Lipinski definition) is 3. The van der Waals surface area contributed by atoms with Gasteiger partial charge in [0.2, 0.25) is 5.91 Å². The number of hydrogen-bond donors (Lipinski definition) is 1. The second-order valence-corrected chi connectivity index (χ2v) is 4.10. The molecule has 18 heavy (non-hydrogen) atoms. The molecule has 0 aliphatic carbocycles. The number of carbonyl (C=O) groups excluding carboxylic acids is 1. The molecule has 0 aliphatic rings. The van der Waals surface area contributed by atoms with Crippen molar-refractivity contribution in [2.45, 2.75) is 32.4 Å². The quantitative estimate of drug-likeness (QED) is 0.866. The molecule has 0 saturated heterocycles. The Kier molecular flexibility index (Phi) is 5.34. The van der Waals surface area contributed by atoms with Crippen LogP contribution in [0.5, 0.6) is 0 Å². The van der Waals surface area contributed by atoms with E-state index in [1.165, 1.54) is 7.11 Å². The van der Waals surface area contributed by atoms with Crippen LogP contribution in [-0.2, 0) is 9.53 Å². The number of amides is 1. The van der Waals surface area contributed by atoms with E-state index in [4.69, 9.17) is 10.00 Å². The van der Waals surface area contributed by atoms with Crippen molar-refractivity contribution in [2.75, 3.05) is 7.11 Å². The van der Waals surface area contributed by atoms with Crippen LogP contribution in [0.15, 0.2) is 24.3 Å². The van der Waals surface area contributed by atoms with Crippen LogP contribution in [-0.4, -0.2) is 19.1 Å². The average Bonchev–Trinajstić information content (AvgIpc) is 2.40. The molecule has 1 aromatic rings. The Labute approximate surface area is 108 Å². The fourth-order valence-electron chi connectivity index (χ4n) is 1.70. The van der Waals surface area contributed by atoms with Crippen LogP contribution in [0.3, 0.4) is 0 Å². The van der Waals surface area contributed by atoms with Gasteiger partial charge in [0.15, 0.2) is 0 Å². The maximum atomic E-state index is 11.8. The molecule has 1 N–H and O–H groups in total. The van der Waals surface area contributed by atoms with E-state index in [2.05, 4.69) is 11.4 Å². The normalized spacial score (nSPS) is 13.4. The van der Waals surface area contributed by atoms with Crippen LogP contribution in [0.4, 0.5) is 0 Å². The maximum absolute atomic E-state index is 11.8. The summed E-state index contributed by atoms with van der Waals surface area (Å²) in [7, 11) is 1.53. The van der Waals surface area contributed by atoms with Crippen molar-refractivity contribution in [2.24, 2.45) is 0 Å². The van der Waals surface area contributed by atoms with E-state index in [1.54, 1.807) is 12.1 Å². The molecule has 1 rings (SSSR count). The standard InChI is InChI=1S/C14H18N2O2/c1-4-13(18-3)14(17)16-10(2)12-7-5-11(9-15)6-8-12/h5-8,10,13H,4H2,1-3H3,(H,16,17). The van der Waals surface area contributed by atoms with Gasteiger partial charge in [-0.25, -0.2) is 0 Å². The average molecular weight is 246 g/mol. The molecular formula is C14H18N2O2. The number of benzene rings is 1. The molecule has 0 heterocycles. The Bertz CT molecular complexity index is 430. The number of nitriles is 1. The van der Waals surface area contributed by atoms with Crippen LogP contribution in [0.1, 0.15) is 37.4 Å². The monoisotopic (exact) mass is 246 g/mol. The fourth-order valence-corrected chi connectivity index (χ4v) is 1.70. The van der Waals surface area contributed by atoms with Crippen LogP contribution < -0.4 is 5.32 Å². The Morgan fingerprint density at radius 1 is 1.44 bits per heavy atom. The van der Waals surface area contributed by atoms with Crippen molar-refractivity contribution in [3.63, 3.8) is 0 Å². The lowest BCUT2D eigenvalue weighted by molar-refractivity contribution is -0.131. The first-order valence-electron chi connectivity index (χ1n) is 5.95. The summed E-state index contributed by atoms with van der Waals surface area (Å²) in [5, 5.41) is 11.6. The summed E-state index contributed by atoms with van der Waals surface area (Å²) in [6.45, 7) is 3.81. The van der Waals surface area contributed by atoms with Gasteiger partial charge in [0.1, 0.15) is 6.10 Å². The SMILES string of the molecule is CCC(OC)C(=O)NC(C)c1ccc(C#N)cc1. The Morgan fingerprint density at radius 2 is 2.06 bits per heavy atom. The van der Waals surface area contributed by atoms with Gasteiger partial charge >= 0.3 is 0 Å². The van der Waals surface area contributed by atoms with Crippen molar-refractivity contribution in [1.82, 2.24) is 5.32 Å². The number of ether oxygens (including phenoxy) is 1. The molecule has 0 saturated carbocycles. The van der Waals surface area contributed by atoms with Gasteiger partial charge in [-0.15, -0.1) is 0 Å². The van der Waals surface area contributed by atoms with Gasteiger partial charge in [0, 0.05) is 7.11 Å². The molecule has 0 spiro atoms. The molecule has 2 unspecified atom stereocenters. The molecule has 1 aromatic carbocycles. The fraction of sp³-hybridized carbons (Fsp3) is 0.429. The van der Waals surface area contributed by atoms with Crippen molar-refractivity contribution >= 4 is 5.91 Å². The van der Waals surface area contributed by atoms with Gasteiger partial charge in [-0.05, 0) is 31.0 Å². The van der Waals surface area contributed by atoms with Gasteiger partial charge < -0.3 is 10.1 Å². The highest BCUT2D eigenvalue weighted by molar-refractivity contribution is 5.81. The second-order valence-electron chi connectivity index (χ2n) is 4.10. The van der Waals surface area contributed by atoms with Crippen molar-refractivity contribution in [3.05, 3.63) is 35.4 Å². The molecule has 0 fully saturated rings. The zero-order chi connectivity index (χ0) is 13.5. The third kappa shape index (κ3) is 3.57. The van der Waals surface area contributed by atoms with Crippen LogP contribution in [0.25, 0.3) is 0 Å². The minimum Gasteiger partial charge on any atom is -0.372 e. The summed E-state index contributed by atoms with van der Waals surface area (Å²) in [5.41, 5.74) is 1.58. The number of carbonyl (C=O) groups is 1. The molecule has 1 amide bonds. The van der Waals surface area contributed by atoms with E-state index in [9.17, 15) is 4.79 Å². The number of rotatable bonds is 5. The Morgan fingerprint density at radius 3 is 2.50 bits per heavy atom. The van der Waals surface area contributed by atoms with Crippen molar-refractivity contribution in [3.8, 4) is 6.07 Å². The predicted octanol–water partition coefficient (Wildman–Crippen LogP) is 2.16. The van der Waals surface area contributed by atoms with Gasteiger partial charge in [-0.1, -0.05) is 19.1 Å². The highest BCUT2D eigenvalue weighted by atomic mass is 16.5. The zero-order valence-corrected chi connectivity index (χ0v) is 10.9. The third-order valence-corrected chi connectivity index (χ3v) is 2.85. The lowest BCUT2D eigenvalue weighted by Crippen LogP contribution is -2.36. The predicted molar refractivity (Wildman–Crippen MR) is 68.8 cm³/mol. The molecule has 0 aromatic heterocycles. The molecule has 4 nitrogen and oxygen atoms in total. The minimum absolute atomic E-state index is 0.102. The van der Waals surface area contributed by atoms with Crippen LogP contribution in [0.2, 0.25) is 0 Å². The second kappa shape index (κ2) is 6.77. The topological polar surface area (TPSA) is 62.1 Å². The Balaban J connectivity index is 2.67. The first-order chi connectivity index (χ1) is 8.62. The van der Waals surface area contributed by atoms with Gasteiger partial charge in [0.05, 0.1) is 17.7 Å². The smallest absolute Gasteiger partial charge is 0.249 e. The van der Waals surface area contributed by atoms with Crippen LogP contribution in [0, 0.1) is 11.3 Å². The summed E-state index contributed by atoms with van der Waals surface area (Å²) in [6, 6.07) is 9.13. The van der Waals surface area contributed by atoms with Gasteiger partial charge in [0.25, 0.3) is 0 Å². The van der Waals surface area contributed by atoms with Gasteiger partial charge in [-0.2, -0.15) is 5.26 Å². The Hall–Kier alpha value is -1.86. The molecular weight excluding hydrogens is 228 g/mol. The summed E-state index contributed by atoms with van der Waals surface area (Å²) in [4.78, 5) is 11.8. The summed E-state index contributed by atoms with van der Waals surface area (Å²) in [6.07, 6.45) is 0.230. The van der Waals surface area contributed by atoms with Gasteiger partial charge in [-0.3, -0.25) is 4.79 Å². The summed E-state index contributed by atoms with van der Waals surface area (Å²) < 4.78 is 5.08. The lowest BCUT2D eigenvalue weighted by atomic mass is 10.1. The highest BCUT2D eigenvalue weighted by Gasteiger charge is 2.17. The number of nitrogens with one attached hydrogen (secondary N) is 1. The van der Waals surface area contributed by atoms with E-state index < -0.39 is 6.10 Å². The third-order valence-electron chi connectivity index (χ3n) is 2.85. The number of methoxy groups -OCH3 is 1. The minimum atomic E-state index is -0.411. The first kappa shape index (κ1) is 14.2. The summed E-state index contributed by atoms with van der Waals surface area (Å²) in [5.74, 6) is -0.114. The zero-order valence-electron chi connectivity index (χ0n) is 10.9. The van der Waals surface area contributed by atoms with E-state index in [-0.39, 0.29) is 11.9 Å². The van der Waals surface area contributed by atoms with Crippen molar-refractivity contribution in [1.29, 1.82) is 5.26 Å². The van der Waals surface area contributed by atoms with E-state index in [0.29, 0.717) is 12.0 Å².